The van der Waals surface area contributed by atoms with Crippen LogP contribution in [0.1, 0.15) is 11.6 Å². The van der Waals surface area contributed by atoms with Crippen LogP contribution in [0, 0.1) is 5.82 Å². The van der Waals surface area contributed by atoms with Crippen molar-refractivity contribution in [1.29, 1.82) is 0 Å². The van der Waals surface area contributed by atoms with E-state index in [1.165, 1.54) is 12.1 Å². The number of methoxy groups -OCH3 is 1. The van der Waals surface area contributed by atoms with Crippen LogP contribution in [0.25, 0.3) is 0 Å². The Balaban J connectivity index is 1.86. The molecule has 1 amide bonds. The number of anilines is 2. The Hall–Kier alpha value is -3.34. The van der Waals surface area contributed by atoms with Crippen molar-refractivity contribution in [1.82, 2.24) is 0 Å². The van der Waals surface area contributed by atoms with Gasteiger partial charge in [0.15, 0.2) is 0 Å². The number of hydrogen-bond acceptors (Lipinski definition) is 3. The van der Waals surface area contributed by atoms with E-state index >= 15 is 0 Å². The SMILES string of the molecule is COc1cccc(NC(=O)[C@@H](Nc2cccc(F)c2)c2ccccc2)c1. The lowest BCUT2D eigenvalue weighted by atomic mass is 10.1. The molecule has 0 saturated heterocycles. The summed E-state index contributed by atoms with van der Waals surface area (Å²) in [6.07, 6.45) is 0. The van der Waals surface area contributed by atoms with Crippen molar-refractivity contribution in [2.24, 2.45) is 0 Å². The summed E-state index contributed by atoms with van der Waals surface area (Å²) in [5, 5.41) is 5.98. The first-order valence-electron chi connectivity index (χ1n) is 8.17. The number of amides is 1. The quantitative estimate of drug-likeness (QED) is 0.682. The molecular weight excluding hydrogens is 331 g/mol. The summed E-state index contributed by atoms with van der Waals surface area (Å²) in [5.74, 6) is 0.0286. The van der Waals surface area contributed by atoms with Crippen molar-refractivity contribution in [2.45, 2.75) is 6.04 Å². The van der Waals surface area contributed by atoms with E-state index in [1.807, 2.05) is 30.3 Å². The molecule has 0 aliphatic rings. The Kier molecular flexibility index (Phi) is 5.49. The van der Waals surface area contributed by atoms with Crippen LogP contribution < -0.4 is 15.4 Å². The maximum Gasteiger partial charge on any atom is 0.251 e. The van der Waals surface area contributed by atoms with Crippen LogP contribution in [-0.4, -0.2) is 13.0 Å². The average molecular weight is 350 g/mol. The lowest BCUT2D eigenvalue weighted by Crippen LogP contribution is -2.27. The Morgan fingerprint density at radius 1 is 0.923 bits per heavy atom. The first kappa shape index (κ1) is 17.5. The van der Waals surface area contributed by atoms with E-state index in [0.29, 0.717) is 17.1 Å². The van der Waals surface area contributed by atoms with Crippen molar-refractivity contribution in [3.63, 3.8) is 0 Å². The molecule has 2 N–H and O–H groups in total. The minimum absolute atomic E-state index is 0.256. The summed E-state index contributed by atoms with van der Waals surface area (Å²) in [4.78, 5) is 12.9. The average Bonchev–Trinajstić information content (AvgIpc) is 2.67. The molecule has 3 aromatic carbocycles. The number of nitrogens with one attached hydrogen (secondary N) is 2. The molecule has 26 heavy (non-hydrogen) atoms. The minimum atomic E-state index is -0.677. The highest BCUT2D eigenvalue weighted by Crippen LogP contribution is 2.23. The van der Waals surface area contributed by atoms with Crippen LogP contribution in [0.15, 0.2) is 78.9 Å². The first-order valence-corrected chi connectivity index (χ1v) is 8.17. The van der Waals surface area contributed by atoms with Crippen LogP contribution in [0.3, 0.4) is 0 Å². The zero-order chi connectivity index (χ0) is 18.4. The molecule has 4 nitrogen and oxygen atoms in total. The van der Waals surface area contributed by atoms with Gasteiger partial charge in [0.25, 0.3) is 5.91 Å². The lowest BCUT2D eigenvalue weighted by Gasteiger charge is -2.20. The van der Waals surface area contributed by atoms with Crippen molar-refractivity contribution in [2.75, 3.05) is 17.7 Å². The summed E-state index contributed by atoms with van der Waals surface area (Å²) in [6, 6.07) is 21.8. The maximum atomic E-state index is 13.5. The van der Waals surface area contributed by atoms with Gasteiger partial charge in [-0.15, -0.1) is 0 Å². The van der Waals surface area contributed by atoms with Gasteiger partial charge in [-0.2, -0.15) is 0 Å². The summed E-state index contributed by atoms with van der Waals surface area (Å²) >= 11 is 0. The number of carbonyl (C=O) groups excluding carboxylic acids is 1. The number of benzene rings is 3. The lowest BCUT2D eigenvalue weighted by molar-refractivity contribution is -0.117. The standard InChI is InChI=1S/C21H19FN2O2/c1-26-19-12-6-11-18(14-19)24-21(25)20(15-7-3-2-4-8-15)23-17-10-5-9-16(22)13-17/h2-14,20,23H,1H3,(H,24,25)/t20-/m0/s1. The Labute approximate surface area is 151 Å². The van der Waals surface area contributed by atoms with Crippen LogP contribution >= 0.6 is 0 Å². The van der Waals surface area contributed by atoms with E-state index in [1.54, 1.807) is 43.5 Å². The highest BCUT2D eigenvalue weighted by atomic mass is 19.1. The normalized spacial score (nSPS) is 11.5. The molecule has 0 heterocycles. The van der Waals surface area contributed by atoms with Gasteiger partial charge in [-0.05, 0) is 35.9 Å². The van der Waals surface area contributed by atoms with Gasteiger partial charge in [-0.25, -0.2) is 4.39 Å². The van der Waals surface area contributed by atoms with Crippen LogP contribution in [0.2, 0.25) is 0 Å². The van der Waals surface area contributed by atoms with Crippen molar-refractivity contribution >= 4 is 17.3 Å². The minimum Gasteiger partial charge on any atom is -0.497 e. The fourth-order valence-electron chi connectivity index (χ4n) is 2.61. The fourth-order valence-corrected chi connectivity index (χ4v) is 2.61. The molecule has 0 aliphatic heterocycles. The van der Waals surface area contributed by atoms with Gasteiger partial charge in [-0.1, -0.05) is 42.5 Å². The zero-order valence-electron chi connectivity index (χ0n) is 14.3. The van der Waals surface area contributed by atoms with E-state index in [4.69, 9.17) is 4.74 Å². The predicted octanol–water partition coefficient (Wildman–Crippen LogP) is 4.63. The second kappa shape index (κ2) is 8.16. The second-order valence-corrected chi connectivity index (χ2v) is 5.72. The molecule has 0 aromatic heterocycles. The van der Waals surface area contributed by atoms with Gasteiger partial charge in [0, 0.05) is 17.4 Å². The molecule has 3 rings (SSSR count). The van der Waals surface area contributed by atoms with Crippen molar-refractivity contribution < 1.29 is 13.9 Å². The van der Waals surface area contributed by atoms with Gasteiger partial charge >= 0.3 is 0 Å². The molecule has 0 aliphatic carbocycles. The van der Waals surface area contributed by atoms with E-state index in [0.717, 1.165) is 5.56 Å². The molecule has 132 valence electrons. The van der Waals surface area contributed by atoms with Crippen LogP contribution in [0.4, 0.5) is 15.8 Å². The maximum absolute atomic E-state index is 13.5. The zero-order valence-corrected chi connectivity index (χ0v) is 14.3. The van der Waals surface area contributed by atoms with Gasteiger partial charge in [0.2, 0.25) is 0 Å². The number of halogens is 1. The topological polar surface area (TPSA) is 50.4 Å². The third-order valence-corrected chi connectivity index (χ3v) is 3.87. The van der Waals surface area contributed by atoms with Crippen LogP contribution in [-0.2, 0) is 4.79 Å². The number of carbonyl (C=O) groups is 1. The summed E-state index contributed by atoms with van der Waals surface area (Å²) in [5.41, 5.74) is 1.92. The molecule has 1 atom stereocenters. The van der Waals surface area contributed by atoms with Crippen molar-refractivity contribution in [3.8, 4) is 5.75 Å². The van der Waals surface area contributed by atoms with Gasteiger partial charge < -0.3 is 15.4 Å². The van der Waals surface area contributed by atoms with Gasteiger partial charge in [0.1, 0.15) is 17.6 Å². The third kappa shape index (κ3) is 4.39. The van der Waals surface area contributed by atoms with Crippen LogP contribution in [0.5, 0.6) is 5.75 Å². The Morgan fingerprint density at radius 3 is 2.38 bits per heavy atom. The molecule has 3 aromatic rings. The Morgan fingerprint density at radius 2 is 1.65 bits per heavy atom. The third-order valence-electron chi connectivity index (χ3n) is 3.87. The summed E-state index contributed by atoms with van der Waals surface area (Å²) in [7, 11) is 1.57. The summed E-state index contributed by atoms with van der Waals surface area (Å²) < 4.78 is 18.7. The predicted molar refractivity (Wildman–Crippen MR) is 101 cm³/mol. The fraction of sp³-hybridized carbons (Fsp3) is 0.0952. The highest BCUT2D eigenvalue weighted by molar-refractivity contribution is 5.97. The Bertz CT molecular complexity index is 884. The number of ether oxygens (including phenoxy) is 1. The molecular formula is C21H19FN2O2. The highest BCUT2D eigenvalue weighted by Gasteiger charge is 2.21. The first-order chi connectivity index (χ1) is 12.7. The molecule has 0 radical (unpaired) electrons. The van der Waals surface area contributed by atoms with Gasteiger partial charge in [-0.3, -0.25) is 4.79 Å². The van der Waals surface area contributed by atoms with E-state index in [-0.39, 0.29) is 11.7 Å². The summed E-state index contributed by atoms with van der Waals surface area (Å²) in [6.45, 7) is 0. The molecule has 0 unspecified atom stereocenters. The van der Waals surface area contributed by atoms with E-state index in [9.17, 15) is 9.18 Å². The molecule has 5 heteroatoms. The monoisotopic (exact) mass is 350 g/mol. The van der Waals surface area contributed by atoms with Crippen molar-refractivity contribution in [3.05, 3.63) is 90.2 Å². The largest absolute Gasteiger partial charge is 0.497 e. The smallest absolute Gasteiger partial charge is 0.251 e. The second-order valence-electron chi connectivity index (χ2n) is 5.72. The number of hydrogen-bond donors (Lipinski definition) is 2. The number of rotatable bonds is 6. The molecule has 0 saturated carbocycles. The van der Waals surface area contributed by atoms with Gasteiger partial charge in [0.05, 0.1) is 7.11 Å². The van der Waals surface area contributed by atoms with E-state index in [2.05, 4.69) is 10.6 Å². The van der Waals surface area contributed by atoms with E-state index < -0.39 is 6.04 Å². The molecule has 0 spiro atoms. The molecule has 0 fully saturated rings. The molecule has 0 bridgehead atoms.